The zero-order valence-electron chi connectivity index (χ0n) is 10.3. The van der Waals surface area contributed by atoms with Gasteiger partial charge in [-0.3, -0.25) is 19.7 Å². The van der Waals surface area contributed by atoms with Gasteiger partial charge in [-0.25, -0.2) is 9.59 Å². The van der Waals surface area contributed by atoms with Crippen LogP contribution in [-0.4, -0.2) is 46.9 Å². The molecule has 1 fully saturated rings. The third kappa shape index (κ3) is 4.55. The molecule has 1 aliphatic rings. The maximum atomic E-state index is 11.5. The molecular formula is C10H14N4O6. The molecule has 1 rings (SSSR count). The number of carboxylic acid groups (broad SMARTS) is 1. The van der Waals surface area contributed by atoms with E-state index in [-0.39, 0.29) is 12.8 Å². The molecule has 110 valence electrons. The van der Waals surface area contributed by atoms with Crippen LogP contribution in [-0.2, 0) is 19.2 Å². The molecule has 0 aliphatic carbocycles. The summed E-state index contributed by atoms with van der Waals surface area (Å²) >= 11 is 0. The van der Waals surface area contributed by atoms with Crippen molar-refractivity contribution in [2.24, 2.45) is 5.73 Å². The minimum Gasteiger partial charge on any atom is -0.480 e. The molecule has 1 aliphatic heterocycles. The molecule has 0 aromatic carbocycles. The van der Waals surface area contributed by atoms with Crippen LogP contribution in [0.15, 0.2) is 0 Å². The van der Waals surface area contributed by atoms with Crippen molar-refractivity contribution in [2.45, 2.75) is 31.3 Å². The van der Waals surface area contributed by atoms with Gasteiger partial charge in [-0.1, -0.05) is 0 Å². The van der Waals surface area contributed by atoms with E-state index in [1.54, 1.807) is 0 Å². The zero-order valence-corrected chi connectivity index (χ0v) is 10.3. The number of hydrogen-bond acceptors (Lipinski definition) is 5. The average molecular weight is 286 g/mol. The van der Waals surface area contributed by atoms with Gasteiger partial charge in [0, 0.05) is 6.42 Å². The Bertz CT molecular complexity index is 463. The molecule has 0 aromatic heterocycles. The first kappa shape index (κ1) is 15.4. The maximum Gasteiger partial charge on any atom is 0.326 e. The highest BCUT2D eigenvalue weighted by Gasteiger charge is 2.29. The number of carbonyl (C=O) groups is 5. The van der Waals surface area contributed by atoms with Crippen LogP contribution < -0.4 is 21.7 Å². The Labute approximate surface area is 113 Å². The van der Waals surface area contributed by atoms with Crippen LogP contribution in [0.3, 0.4) is 0 Å². The summed E-state index contributed by atoms with van der Waals surface area (Å²) in [4.78, 5) is 55.3. The molecule has 1 heterocycles. The van der Waals surface area contributed by atoms with E-state index in [1.807, 2.05) is 10.6 Å². The zero-order chi connectivity index (χ0) is 15.3. The smallest absolute Gasteiger partial charge is 0.326 e. The number of carboxylic acids is 1. The molecule has 0 spiro atoms. The molecule has 20 heavy (non-hydrogen) atoms. The van der Waals surface area contributed by atoms with Crippen LogP contribution in [0.4, 0.5) is 4.79 Å². The molecule has 0 saturated carbocycles. The Kier molecular flexibility index (Phi) is 5.01. The molecule has 0 radical (unpaired) electrons. The third-order valence-electron chi connectivity index (χ3n) is 2.55. The topological polar surface area (TPSA) is 168 Å². The van der Waals surface area contributed by atoms with E-state index in [4.69, 9.17) is 10.8 Å². The van der Waals surface area contributed by atoms with Crippen molar-refractivity contribution in [3.8, 4) is 0 Å². The minimum absolute atomic E-state index is 0.0698. The van der Waals surface area contributed by atoms with Gasteiger partial charge in [0.05, 0.1) is 6.42 Å². The fourth-order valence-electron chi connectivity index (χ4n) is 1.59. The summed E-state index contributed by atoms with van der Waals surface area (Å²) in [6.45, 7) is 0. The first-order valence-electron chi connectivity index (χ1n) is 5.71. The summed E-state index contributed by atoms with van der Waals surface area (Å²) in [6, 6.07) is -3.36. The second-order valence-corrected chi connectivity index (χ2v) is 4.18. The van der Waals surface area contributed by atoms with Crippen molar-refractivity contribution in [1.29, 1.82) is 0 Å². The van der Waals surface area contributed by atoms with E-state index in [2.05, 4.69) is 5.32 Å². The SMILES string of the molecule is NC(=O)C[C@@H](NC(=O)NC1CCC(=O)NC1=O)C(=O)O. The standard InChI is InChI=1S/C10H14N4O6/c11-6(15)3-5(9(18)19)13-10(20)12-4-1-2-7(16)14-8(4)17/h4-5H,1-3H2,(H2,11,15)(H,18,19)(H2,12,13,20)(H,14,16,17)/t4?,5-/m1/s1. The lowest BCUT2D eigenvalue weighted by Crippen LogP contribution is -2.56. The lowest BCUT2D eigenvalue weighted by molar-refractivity contribution is -0.140. The number of carbonyl (C=O) groups excluding carboxylic acids is 4. The van der Waals surface area contributed by atoms with E-state index < -0.39 is 48.2 Å². The molecule has 2 atom stereocenters. The third-order valence-corrected chi connectivity index (χ3v) is 2.55. The largest absolute Gasteiger partial charge is 0.480 e. The van der Waals surface area contributed by atoms with Crippen molar-refractivity contribution < 1.29 is 29.1 Å². The predicted octanol–water partition coefficient (Wildman–Crippen LogP) is -2.58. The number of nitrogens with one attached hydrogen (secondary N) is 3. The van der Waals surface area contributed by atoms with Crippen LogP contribution in [0.5, 0.6) is 0 Å². The van der Waals surface area contributed by atoms with Gasteiger partial charge in [0.2, 0.25) is 17.7 Å². The van der Waals surface area contributed by atoms with Crippen molar-refractivity contribution in [3.63, 3.8) is 0 Å². The normalized spacial score (nSPS) is 19.7. The second-order valence-electron chi connectivity index (χ2n) is 4.18. The number of piperidine rings is 1. The fraction of sp³-hybridized carbons (Fsp3) is 0.500. The number of rotatable bonds is 5. The van der Waals surface area contributed by atoms with Crippen LogP contribution in [0.2, 0.25) is 0 Å². The number of nitrogens with two attached hydrogens (primary N) is 1. The molecule has 6 N–H and O–H groups in total. The number of aliphatic carboxylic acids is 1. The predicted molar refractivity (Wildman–Crippen MR) is 63.1 cm³/mol. The van der Waals surface area contributed by atoms with Gasteiger partial charge < -0.3 is 21.5 Å². The highest BCUT2D eigenvalue weighted by atomic mass is 16.4. The van der Waals surface area contributed by atoms with Gasteiger partial charge in [0.1, 0.15) is 12.1 Å². The maximum absolute atomic E-state index is 11.5. The lowest BCUT2D eigenvalue weighted by Gasteiger charge is -2.22. The van der Waals surface area contributed by atoms with Crippen molar-refractivity contribution in [3.05, 3.63) is 0 Å². The number of primary amides is 1. The first-order valence-corrected chi connectivity index (χ1v) is 5.71. The van der Waals surface area contributed by atoms with E-state index in [9.17, 15) is 24.0 Å². The number of hydrogen-bond donors (Lipinski definition) is 5. The van der Waals surface area contributed by atoms with Crippen LogP contribution in [0, 0.1) is 0 Å². The van der Waals surface area contributed by atoms with Crippen molar-refractivity contribution >= 4 is 29.7 Å². The molecular weight excluding hydrogens is 272 g/mol. The number of urea groups is 1. The van der Waals surface area contributed by atoms with Gasteiger partial charge in [0.15, 0.2) is 0 Å². The molecule has 10 heteroatoms. The number of imide groups is 1. The van der Waals surface area contributed by atoms with E-state index in [0.29, 0.717) is 0 Å². The van der Waals surface area contributed by atoms with E-state index in [1.165, 1.54) is 0 Å². The molecule has 5 amide bonds. The molecule has 10 nitrogen and oxygen atoms in total. The highest BCUT2D eigenvalue weighted by molar-refractivity contribution is 6.01. The Balaban J connectivity index is 2.53. The van der Waals surface area contributed by atoms with Crippen LogP contribution in [0.1, 0.15) is 19.3 Å². The molecule has 0 aromatic rings. The van der Waals surface area contributed by atoms with Gasteiger partial charge >= 0.3 is 12.0 Å². The summed E-state index contributed by atoms with van der Waals surface area (Å²) in [5.41, 5.74) is 4.85. The number of amides is 5. The van der Waals surface area contributed by atoms with Gasteiger partial charge in [0.25, 0.3) is 0 Å². The van der Waals surface area contributed by atoms with Gasteiger partial charge in [-0.2, -0.15) is 0 Å². The van der Waals surface area contributed by atoms with E-state index in [0.717, 1.165) is 0 Å². The Morgan fingerprint density at radius 1 is 1.40 bits per heavy atom. The molecule has 1 saturated heterocycles. The minimum atomic E-state index is -1.49. The van der Waals surface area contributed by atoms with E-state index >= 15 is 0 Å². The van der Waals surface area contributed by atoms with Crippen LogP contribution >= 0.6 is 0 Å². The van der Waals surface area contributed by atoms with Crippen molar-refractivity contribution in [2.75, 3.05) is 0 Å². The molecule has 0 bridgehead atoms. The average Bonchev–Trinajstić information content (AvgIpc) is 2.31. The van der Waals surface area contributed by atoms with Gasteiger partial charge in [-0.15, -0.1) is 0 Å². The Hall–Kier alpha value is -2.65. The summed E-state index contributed by atoms with van der Waals surface area (Å²) in [5.74, 6) is -3.43. The van der Waals surface area contributed by atoms with Crippen LogP contribution in [0.25, 0.3) is 0 Å². The summed E-state index contributed by atoms with van der Waals surface area (Å²) < 4.78 is 0. The van der Waals surface area contributed by atoms with Crippen molar-refractivity contribution in [1.82, 2.24) is 16.0 Å². The van der Waals surface area contributed by atoms with Gasteiger partial charge in [-0.05, 0) is 6.42 Å². The quantitative estimate of drug-likeness (QED) is 0.348. The molecule has 1 unspecified atom stereocenters. The Morgan fingerprint density at radius 3 is 2.55 bits per heavy atom. The summed E-state index contributed by atoms with van der Waals surface area (Å²) in [6.07, 6.45) is -0.385. The fourth-order valence-corrected chi connectivity index (χ4v) is 1.59. The highest BCUT2D eigenvalue weighted by Crippen LogP contribution is 2.04. The monoisotopic (exact) mass is 286 g/mol. The second kappa shape index (κ2) is 6.50. The first-order chi connectivity index (χ1) is 9.29. The summed E-state index contributed by atoms with van der Waals surface area (Å²) in [7, 11) is 0. The summed E-state index contributed by atoms with van der Waals surface area (Å²) in [5, 5.41) is 15.1. The Morgan fingerprint density at radius 2 is 2.05 bits per heavy atom. The lowest BCUT2D eigenvalue weighted by atomic mass is 10.1.